The second-order valence-electron chi connectivity index (χ2n) is 5.56. The molecule has 0 aliphatic rings. The molecule has 0 radical (unpaired) electrons. The first kappa shape index (κ1) is 15.0. The summed E-state index contributed by atoms with van der Waals surface area (Å²) < 4.78 is 5.62. The van der Waals surface area contributed by atoms with E-state index in [1.165, 1.54) is 5.56 Å². The summed E-state index contributed by atoms with van der Waals surface area (Å²) >= 11 is 0. The Bertz CT molecular complexity index is 383. The monoisotopic (exact) mass is 260 g/mol. The largest absolute Gasteiger partial charge is 0.377 e. The third kappa shape index (κ3) is 8.07. The fraction of sp³-hybridized carbons (Fsp3) is 0.438. The van der Waals surface area contributed by atoms with E-state index in [2.05, 4.69) is 49.3 Å². The molecule has 0 spiro atoms. The summed E-state index contributed by atoms with van der Waals surface area (Å²) in [7, 11) is -1.08. The second-order valence-corrected chi connectivity index (χ2v) is 10.6. The van der Waals surface area contributed by atoms with E-state index in [1.54, 1.807) is 0 Å². The van der Waals surface area contributed by atoms with Gasteiger partial charge in [0.1, 0.15) is 0 Å². The summed E-state index contributed by atoms with van der Waals surface area (Å²) in [5.41, 5.74) is 6.78. The molecule has 1 rings (SSSR count). The number of unbranched alkanes of at least 4 members (excludes halogenated alkanes) is 1. The molecule has 0 unspecified atom stereocenters. The lowest BCUT2D eigenvalue weighted by Gasteiger charge is -2.05. The van der Waals surface area contributed by atoms with Crippen molar-refractivity contribution in [3.8, 4) is 0 Å². The van der Waals surface area contributed by atoms with Crippen LogP contribution < -0.4 is 0 Å². The molecule has 0 aliphatic heterocycles. The van der Waals surface area contributed by atoms with Crippen LogP contribution in [-0.2, 0) is 11.3 Å². The van der Waals surface area contributed by atoms with Gasteiger partial charge in [-0.2, -0.15) is 0 Å². The van der Waals surface area contributed by atoms with Crippen LogP contribution in [-0.4, -0.2) is 14.7 Å². The van der Waals surface area contributed by atoms with E-state index in [0.717, 1.165) is 26.1 Å². The first-order valence-corrected chi connectivity index (χ1v) is 10.2. The molecule has 0 N–H and O–H groups in total. The predicted octanol–water partition coefficient (Wildman–Crippen LogP) is 4.57. The van der Waals surface area contributed by atoms with Gasteiger partial charge < -0.3 is 4.74 Å². The van der Waals surface area contributed by atoms with E-state index in [4.69, 9.17) is 4.74 Å². The van der Waals surface area contributed by atoms with E-state index >= 15 is 0 Å². The van der Waals surface area contributed by atoms with Crippen molar-refractivity contribution in [3.63, 3.8) is 0 Å². The van der Waals surface area contributed by atoms with Crippen LogP contribution in [0.15, 0.2) is 47.8 Å². The minimum atomic E-state index is -1.08. The van der Waals surface area contributed by atoms with Gasteiger partial charge in [-0.05, 0) is 24.5 Å². The van der Waals surface area contributed by atoms with Crippen LogP contribution in [0.1, 0.15) is 18.4 Å². The van der Waals surface area contributed by atoms with Gasteiger partial charge in [-0.15, -0.1) is 5.73 Å². The van der Waals surface area contributed by atoms with Gasteiger partial charge in [0.25, 0.3) is 0 Å². The highest BCUT2D eigenvalue weighted by Gasteiger charge is 2.05. The molecule has 0 fully saturated rings. The average Bonchev–Trinajstić information content (AvgIpc) is 2.32. The molecule has 0 atom stereocenters. The lowest BCUT2D eigenvalue weighted by atomic mass is 10.2. The summed E-state index contributed by atoms with van der Waals surface area (Å²) in [5, 5.41) is 0. The van der Waals surface area contributed by atoms with Crippen molar-refractivity contribution in [2.75, 3.05) is 6.61 Å². The zero-order valence-electron chi connectivity index (χ0n) is 11.8. The molecule has 0 heterocycles. The van der Waals surface area contributed by atoms with Gasteiger partial charge in [0.15, 0.2) is 0 Å². The van der Waals surface area contributed by atoms with Gasteiger partial charge in [-0.3, -0.25) is 0 Å². The Morgan fingerprint density at radius 2 is 1.89 bits per heavy atom. The molecule has 0 saturated heterocycles. The molecule has 1 aromatic carbocycles. The molecule has 98 valence electrons. The Morgan fingerprint density at radius 3 is 2.56 bits per heavy atom. The van der Waals surface area contributed by atoms with Gasteiger partial charge in [0.05, 0.1) is 14.7 Å². The molecule has 1 nitrogen and oxygen atoms in total. The molecule has 18 heavy (non-hydrogen) atoms. The SMILES string of the molecule is C[Si](C)(C)C=C=CCCCOCc1ccccc1. The van der Waals surface area contributed by atoms with E-state index in [0.29, 0.717) is 0 Å². The maximum absolute atomic E-state index is 5.62. The van der Waals surface area contributed by atoms with Gasteiger partial charge in [0.2, 0.25) is 0 Å². The Hall–Kier alpha value is -1.08. The number of benzene rings is 1. The van der Waals surface area contributed by atoms with Crippen LogP contribution in [0, 0.1) is 0 Å². The van der Waals surface area contributed by atoms with Crippen LogP contribution in [0.5, 0.6) is 0 Å². The Kier molecular flexibility index (Phi) is 6.74. The van der Waals surface area contributed by atoms with Crippen LogP contribution in [0.25, 0.3) is 0 Å². The second kappa shape index (κ2) is 8.10. The highest BCUT2D eigenvalue weighted by Crippen LogP contribution is 2.02. The zero-order chi connectivity index (χ0) is 13.3. The van der Waals surface area contributed by atoms with Crippen molar-refractivity contribution in [1.82, 2.24) is 0 Å². The normalized spacial score (nSPS) is 10.8. The minimum Gasteiger partial charge on any atom is -0.377 e. The summed E-state index contributed by atoms with van der Waals surface area (Å²) in [4.78, 5) is 0. The standard InChI is InChI=1S/C16H24OSi/c1-18(2,3)14-10-5-4-9-13-17-15-16-11-7-6-8-12-16/h5-8,11-12,14H,4,9,13,15H2,1-3H3. The first-order valence-electron chi connectivity index (χ1n) is 6.62. The fourth-order valence-corrected chi connectivity index (χ4v) is 2.06. The van der Waals surface area contributed by atoms with Crippen molar-refractivity contribution in [3.05, 3.63) is 53.4 Å². The van der Waals surface area contributed by atoms with Crippen LogP contribution in [0.4, 0.5) is 0 Å². The number of hydrogen-bond donors (Lipinski definition) is 0. The van der Waals surface area contributed by atoms with E-state index in [1.807, 2.05) is 18.2 Å². The topological polar surface area (TPSA) is 9.23 Å². The molecular weight excluding hydrogens is 236 g/mol. The van der Waals surface area contributed by atoms with E-state index in [-0.39, 0.29) is 0 Å². The lowest BCUT2D eigenvalue weighted by molar-refractivity contribution is 0.119. The lowest BCUT2D eigenvalue weighted by Crippen LogP contribution is -2.14. The average molecular weight is 260 g/mol. The summed E-state index contributed by atoms with van der Waals surface area (Å²) in [5.74, 6) is 0. The van der Waals surface area contributed by atoms with Gasteiger partial charge in [-0.25, -0.2) is 0 Å². The molecule has 0 amide bonds. The van der Waals surface area contributed by atoms with Crippen molar-refractivity contribution < 1.29 is 4.74 Å². The van der Waals surface area contributed by atoms with Crippen LogP contribution in [0.2, 0.25) is 19.6 Å². The number of hydrogen-bond acceptors (Lipinski definition) is 1. The van der Waals surface area contributed by atoms with Crippen LogP contribution >= 0.6 is 0 Å². The first-order chi connectivity index (χ1) is 8.58. The highest BCUT2D eigenvalue weighted by molar-refractivity contribution is 6.80. The molecule has 0 saturated carbocycles. The van der Waals surface area contributed by atoms with E-state index in [9.17, 15) is 0 Å². The van der Waals surface area contributed by atoms with Crippen LogP contribution in [0.3, 0.4) is 0 Å². The Labute approximate surface area is 112 Å². The minimum absolute atomic E-state index is 0.718. The zero-order valence-corrected chi connectivity index (χ0v) is 12.8. The summed E-state index contributed by atoms with van der Waals surface area (Å²) in [6.45, 7) is 8.49. The van der Waals surface area contributed by atoms with Crippen molar-refractivity contribution >= 4 is 8.07 Å². The highest BCUT2D eigenvalue weighted by atomic mass is 28.3. The molecule has 0 aliphatic carbocycles. The van der Waals surface area contributed by atoms with Gasteiger partial charge >= 0.3 is 0 Å². The Morgan fingerprint density at radius 1 is 1.17 bits per heavy atom. The van der Waals surface area contributed by atoms with Gasteiger partial charge in [0, 0.05) is 6.61 Å². The maximum Gasteiger partial charge on any atom is 0.0781 e. The molecule has 2 heteroatoms. The van der Waals surface area contributed by atoms with Gasteiger partial charge in [-0.1, -0.05) is 55.7 Å². The maximum atomic E-state index is 5.62. The van der Waals surface area contributed by atoms with Crippen molar-refractivity contribution in [2.45, 2.75) is 39.1 Å². The van der Waals surface area contributed by atoms with E-state index < -0.39 is 8.07 Å². The molecule has 0 aromatic heterocycles. The van der Waals surface area contributed by atoms with Crippen molar-refractivity contribution in [1.29, 1.82) is 0 Å². The number of rotatable bonds is 7. The summed E-state index contributed by atoms with van der Waals surface area (Å²) in [6, 6.07) is 10.3. The fourth-order valence-electron chi connectivity index (χ4n) is 1.44. The van der Waals surface area contributed by atoms with Crippen molar-refractivity contribution in [2.24, 2.45) is 0 Å². The predicted molar refractivity (Wildman–Crippen MR) is 81.3 cm³/mol. The quantitative estimate of drug-likeness (QED) is 0.396. The number of ether oxygens (including phenoxy) is 1. The molecule has 0 bridgehead atoms. The molecule has 1 aromatic rings. The third-order valence-corrected chi connectivity index (χ3v) is 3.42. The Balaban J connectivity index is 2.08. The third-order valence-electron chi connectivity index (χ3n) is 2.38. The molecular formula is C16H24OSi. The summed E-state index contributed by atoms with van der Waals surface area (Å²) in [6.07, 6.45) is 4.25. The smallest absolute Gasteiger partial charge is 0.0781 e. The number of allylic oxidation sites excluding steroid dienone is 1.